The lowest BCUT2D eigenvalue weighted by atomic mass is 9.87. The maximum atomic E-state index is 5.78. The fourth-order valence-corrected chi connectivity index (χ4v) is 2.72. The molecule has 1 atom stereocenters. The van der Waals surface area contributed by atoms with E-state index >= 15 is 0 Å². The van der Waals surface area contributed by atoms with Gasteiger partial charge in [0.15, 0.2) is 0 Å². The summed E-state index contributed by atoms with van der Waals surface area (Å²) in [4.78, 5) is 0. The molecule has 0 aliphatic carbocycles. The lowest BCUT2D eigenvalue weighted by Gasteiger charge is -2.25. The van der Waals surface area contributed by atoms with Crippen LogP contribution in [0.15, 0.2) is 34.7 Å². The molecule has 94 valence electrons. The van der Waals surface area contributed by atoms with E-state index in [1.54, 1.807) is 0 Å². The molecule has 18 heavy (non-hydrogen) atoms. The summed E-state index contributed by atoms with van der Waals surface area (Å²) in [6.07, 6.45) is 0.941. The molecule has 2 aromatic rings. The summed E-state index contributed by atoms with van der Waals surface area (Å²) >= 11 is 0. The molecule has 1 aromatic heterocycles. The van der Waals surface area contributed by atoms with Crippen molar-refractivity contribution < 1.29 is 9.15 Å². The van der Waals surface area contributed by atoms with Crippen LogP contribution < -0.4 is 0 Å². The molecular formula is C16H18O2. The van der Waals surface area contributed by atoms with Crippen molar-refractivity contribution in [3.63, 3.8) is 0 Å². The Bertz CT molecular complexity index is 554. The first kappa shape index (κ1) is 11.5. The van der Waals surface area contributed by atoms with E-state index < -0.39 is 0 Å². The van der Waals surface area contributed by atoms with Gasteiger partial charge in [0, 0.05) is 17.9 Å². The van der Waals surface area contributed by atoms with Gasteiger partial charge in [0.1, 0.15) is 11.5 Å². The van der Waals surface area contributed by atoms with Crippen molar-refractivity contribution in [1.29, 1.82) is 0 Å². The van der Waals surface area contributed by atoms with Crippen molar-refractivity contribution in [2.24, 2.45) is 0 Å². The first-order valence-electron chi connectivity index (χ1n) is 6.54. The Morgan fingerprint density at radius 1 is 1.22 bits per heavy atom. The third kappa shape index (κ3) is 1.87. The summed E-state index contributed by atoms with van der Waals surface area (Å²) in [5.74, 6) is 2.40. The monoisotopic (exact) mass is 242 g/mol. The first-order valence-corrected chi connectivity index (χ1v) is 6.54. The number of rotatable bonds is 2. The number of fused-ring (bicyclic) bond motifs is 1. The molecule has 0 saturated heterocycles. The molecule has 0 radical (unpaired) electrons. The van der Waals surface area contributed by atoms with Crippen LogP contribution in [-0.4, -0.2) is 6.61 Å². The standard InChI is InChI=1S/C16H18O2/c1-3-13-8-15(11(2)18-13)16-10-17-9-12-6-4-5-7-14(12)16/h4-8,16H,3,9-10H2,1-2H3. The maximum Gasteiger partial charge on any atom is 0.104 e. The Labute approximate surface area is 108 Å². The molecule has 1 aliphatic heterocycles. The maximum absolute atomic E-state index is 5.78. The summed E-state index contributed by atoms with van der Waals surface area (Å²) in [6, 6.07) is 10.7. The Balaban J connectivity index is 2.05. The molecule has 2 heterocycles. The van der Waals surface area contributed by atoms with E-state index in [9.17, 15) is 0 Å². The third-order valence-electron chi connectivity index (χ3n) is 3.70. The van der Waals surface area contributed by atoms with Gasteiger partial charge in [-0.05, 0) is 24.1 Å². The van der Waals surface area contributed by atoms with Crippen LogP contribution in [-0.2, 0) is 17.8 Å². The molecule has 2 nitrogen and oxygen atoms in total. The molecule has 0 amide bonds. The van der Waals surface area contributed by atoms with Gasteiger partial charge in [-0.3, -0.25) is 0 Å². The summed E-state index contributed by atoms with van der Waals surface area (Å²) in [5, 5.41) is 0. The SMILES string of the molecule is CCc1cc(C2COCc3ccccc32)c(C)o1. The number of benzene rings is 1. The molecule has 0 N–H and O–H groups in total. The largest absolute Gasteiger partial charge is 0.466 e. The van der Waals surface area contributed by atoms with E-state index in [1.807, 2.05) is 6.92 Å². The zero-order valence-corrected chi connectivity index (χ0v) is 10.9. The summed E-state index contributed by atoms with van der Waals surface area (Å²) in [7, 11) is 0. The molecule has 2 heteroatoms. The fourth-order valence-electron chi connectivity index (χ4n) is 2.72. The van der Waals surface area contributed by atoms with Crippen LogP contribution in [0.4, 0.5) is 0 Å². The Morgan fingerprint density at radius 3 is 2.83 bits per heavy atom. The van der Waals surface area contributed by atoms with Crippen LogP contribution in [0.5, 0.6) is 0 Å². The highest BCUT2D eigenvalue weighted by molar-refractivity contribution is 5.40. The number of hydrogen-bond donors (Lipinski definition) is 0. The normalized spacial score (nSPS) is 18.7. The van der Waals surface area contributed by atoms with Crippen LogP contribution in [0, 0.1) is 6.92 Å². The third-order valence-corrected chi connectivity index (χ3v) is 3.70. The minimum atomic E-state index is 0.319. The second-order valence-corrected chi connectivity index (χ2v) is 4.84. The number of ether oxygens (including phenoxy) is 1. The second-order valence-electron chi connectivity index (χ2n) is 4.84. The van der Waals surface area contributed by atoms with Crippen LogP contribution in [0.3, 0.4) is 0 Å². The van der Waals surface area contributed by atoms with Gasteiger partial charge < -0.3 is 9.15 Å². The fraction of sp³-hybridized carbons (Fsp3) is 0.375. The zero-order chi connectivity index (χ0) is 12.5. The Hall–Kier alpha value is -1.54. The van der Waals surface area contributed by atoms with E-state index in [1.165, 1.54) is 16.7 Å². The van der Waals surface area contributed by atoms with Gasteiger partial charge in [-0.15, -0.1) is 0 Å². The summed E-state index contributed by atoms with van der Waals surface area (Å²) in [6.45, 7) is 5.64. The van der Waals surface area contributed by atoms with Gasteiger partial charge in [-0.2, -0.15) is 0 Å². The minimum Gasteiger partial charge on any atom is -0.466 e. The average molecular weight is 242 g/mol. The van der Waals surface area contributed by atoms with Crippen LogP contribution in [0.2, 0.25) is 0 Å². The summed E-state index contributed by atoms with van der Waals surface area (Å²) < 4.78 is 11.5. The van der Waals surface area contributed by atoms with Crippen molar-refractivity contribution >= 4 is 0 Å². The molecular weight excluding hydrogens is 224 g/mol. The highest BCUT2D eigenvalue weighted by Gasteiger charge is 2.25. The van der Waals surface area contributed by atoms with Gasteiger partial charge in [0.05, 0.1) is 13.2 Å². The highest BCUT2D eigenvalue weighted by Crippen LogP contribution is 2.35. The Morgan fingerprint density at radius 2 is 2.06 bits per heavy atom. The quantitative estimate of drug-likeness (QED) is 0.799. The smallest absolute Gasteiger partial charge is 0.104 e. The van der Waals surface area contributed by atoms with Crippen molar-refractivity contribution in [1.82, 2.24) is 0 Å². The second kappa shape index (κ2) is 4.62. The molecule has 0 saturated carbocycles. The number of hydrogen-bond acceptors (Lipinski definition) is 2. The number of furan rings is 1. The van der Waals surface area contributed by atoms with E-state index in [2.05, 4.69) is 37.3 Å². The predicted octanol–water partition coefficient (Wildman–Crippen LogP) is 3.81. The number of aryl methyl sites for hydroxylation is 2. The van der Waals surface area contributed by atoms with E-state index in [-0.39, 0.29) is 0 Å². The van der Waals surface area contributed by atoms with Crippen LogP contribution >= 0.6 is 0 Å². The van der Waals surface area contributed by atoms with Crippen molar-refractivity contribution in [2.45, 2.75) is 32.8 Å². The van der Waals surface area contributed by atoms with Crippen LogP contribution in [0.1, 0.15) is 41.1 Å². The van der Waals surface area contributed by atoms with Gasteiger partial charge in [0.25, 0.3) is 0 Å². The van der Waals surface area contributed by atoms with E-state index in [0.717, 1.165) is 31.2 Å². The molecule has 3 rings (SSSR count). The molecule has 0 bridgehead atoms. The first-order chi connectivity index (χ1) is 8.79. The minimum absolute atomic E-state index is 0.319. The van der Waals surface area contributed by atoms with E-state index in [0.29, 0.717) is 5.92 Å². The van der Waals surface area contributed by atoms with Crippen molar-refractivity contribution in [2.75, 3.05) is 6.61 Å². The average Bonchev–Trinajstić information content (AvgIpc) is 2.79. The molecule has 1 aliphatic rings. The molecule has 1 aromatic carbocycles. The lowest BCUT2D eigenvalue weighted by molar-refractivity contribution is 0.0991. The van der Waals surface area contributed by atoms with E-state index in [4.69, 9.17) is 9.15 Å². The highest BCUT2D eigenvalue weighted by atomic mass is 16.5. The van der Waals surface area contributed by atoms with Crippen molar-refractivity contribution in [3.05, 3.63) is 58.5 Å². The van der Waals surface area contributed by atoms with Gasteiger partial charge in [-0.25, -0.2) is 0 Å². The van der Waals surface area contributed by atoms with Gasteiger partial charge >= 0.3 is 0 Å². The lowest BCUT2D eigenvalue weighted by Crippen LogP contribution is -2.17. The Kier molecular flexibility index (Phi) is 2.96. The summed E-state index contributed by atoms with van der Waals surface area (Å²) in [5.41, 5.74) is 3.96. The van der Waals surface area contributed by atoms with Gasteiger partial charge in [0.2, 0.25) is 0 Å². The zero-order valence-electron chi connectivity index (χ0n) is 10.9. The van der Waals surface area contributed by atoms with Gasteiger partial charge in [-0.1, -0.05) is 31.2 Å². The molecule has 0 spiro atoms. The molecule has 0 fully saturated rings. The molecule has 1 unspecified atom stereocenters. The van der Waals surface area contributed by atoms with Crippen molar-refractivity contribution in [3.8, 4) is 0 Å². The predicted molar refractivity (Wildman–Crippen MR) is 70.8 cm³/mol. The topological polar surface area (TPSA) is 22.4 Å². The van der Waals surface area contributed by atoms with Crippen LogP contribution in [0.25, 0.3) is 0 Å².